The standard InChI is InChI=1S/C23H27ClN2O/c1-2-25-14-7-15-26-16-21-20-10-5-3-8-18(20)12-13-23(21)27-17-19-9-4-6-11-22(19)24/h3-6,8-13,25-26H,2,7,14-17H2,1H3. The van der Waals surface area contributed by atoms with Gasteiger partial charge in [0.05, 0.1) is 0 Å². The minimum atomic E-state index is 0.464. The molecule has 3 rings (SSSR count). The van der Waals surface area contributed by atoms with Crippen LogP contribution in [0.5, 0.6) is 5.75 Å². The minimum Gasteiger partial charge on any atom is -0.488 e. The monoisotopic (exact) mass is 382 g/mol. The Balaban J connectivity index is 1.74. The second kappa shape index (κ2) is 10.3. The van der Waals surface area contributed by atoms with Crippen molar-refractivity contribution >= 4 is 22.4 Å². The van der Waals surface area contributed by atoms with Crippen LogP contribution in [0, 0.1) is 0 Å². The lowest BCUT2D eigenvalue weighted by molar-refractivity contribution is 0.303. The lowest BCUT2D eigenvalue weighted by atomic mass is 10.0. The molecule has 0 fully saturated rings. The highest BCUT2D eigenvalue weighted by molar-refractivity contribution is 6.31. The molecular weight excluding hydrogens is 356 g/mol. The summed E-state index contributed by atoms with van der Waals surface area (Å²) in [5.41, 5.74) is 2.19. The summed E-state index contributed by atoms with van der Waals surface area (Å²) >= 11 is 6.27. The van der Waals surface area contributed by atoms with Gasteiger partial charge in [-0.05, 0) is 49.0 Å². The van der Waals surface area contributed by atoms with Crippen LogP contribution in [-0.2, 0) is 13.2 Å². The second-order valence-electron chi connectivity index (χ2n) is 6.53. The van der Waals surface area contributed by atoms with Crippen LogP contribution in [0.1, 0.15) is 24.5 Å². The Morgan fingerprint density at radius 3 is 2.52 bits per heavy atom. The largest absolute Gasteiger partial charge is 0.488 e. The van der Waals surface area contributed by atoms with Gasteiger partial charge in [0.2, 0.25) is 0 Å². The molecule has 142 valence electrons. The Kier molecular flexibility index (Phi) is 7.52. The fourth-order valence-electron chi connectivity index (χ4n) is 3.13. The van der Waals surface area contributed by atoms with Gasteiger partial charge in [0.1, 0.15) is 12.4 Å². The second-order valence-corrected chi connectivity index (χ2v) is 6.93. The first kappa shape index (κ1) is 19.7. The molecule has 0 unspecified atom stereocenters. The molecule has 0 aliphatic heterocycles. The predicted molar refractivity (Wildman–Crippen MR) is 115 cm³/mol. The molecule has 0 aliphatic rings. The van der Waals surface area contributed by atoms with Crippen LogP contribution in [0.15, 0.2) is 60.7 Å². The van der Waals surface area contributed by atoms with Crippen molar-refractivity contribution in [3.8, 4) is 5.75 Å². The molecule has 3 nitrogen and oxygen atoms in total. The zero-order valence-electron chi connectivity index (χ0n) is 15.8. The van der Waals surface area contributed by atoms with Crippen LogP contribution in [0.4, 0.5) is 0 Å². The molecule has 0 saturated heterocycles. The first-order valence-corrected chi connectivity index (χ1v) is 9.95. The molecule has 0 heterocycles. The van der Waals surface area contributed by atoms with Crippen LogP contribution in [0.3, 0.4) is 0 Å². The summed E-state index contributed by atoms with van der Waals surface area (Å²) < 4.78 is 6.17. The number of hydrogen-bond acceptors (Lipinski definition) is 3. The van der Waals surface area contributed by atoms with E-state index in [0.717, 1.165) is 48.9 Å². The molecule has 0 atom stereocenters. The predicted octanol–water partition coefficient (Wildman–Crippen LogP) is 5.16. The number of nitrogens with one attached hydrogen (secondary N) is 2. The fraction of sp³-hybridized carbons (Fsp3) is 0.304. The van der Waals surface area contributed by atoms with E-state index < -0.39 is 0 Å². The third-order valence-corrected chi connectivity index (χ3v) is 4.97. The van der Waals surface area contributed by atoms with E-state index in [4.69, 9.17) is 16.3 Å². The number of ether oxygens (including phenoxy) is 1. The maximum Gasteiger partial charge on any atom is 0.124 e. The lowest BCUT2D eigenvalue weighted by Gasteiger charge is -2.16. The zero-order valence-corrected chi connectivity index (χ0v) is 16.6. The Morgan fingerprint density at radius 2 is 1.67 bits per heavy atom. The van der Waals surface area contributed by atoms with Crippen LogP contribution >= 0.6 is 11.6 Å². The maximum absolute atomic E-state index is 6.27. The third kappa shape index (κ3) is 5.46. The number of rotatable bonds is 10. The van der Waals surface area contributed by atoms with Crippen LogP contribution in [0.25, 0.3) is 10.8 Å². The van der Waals surface area contributed by atoms with Gasteiger partial charge in [-0.1, -0.05) is 67.1 Å². The van der Waals surface area contributed by atoms with Crippen LogP contribution in [0.2, 0.25) is 5.02 Å². The molecule has 0 aromatic heterocycles. The van der Waals surface area contributed by atoms with E-state index in [-0.39, 0.29) is 0 Å². The van der Waals surface area contributed by atoms with E-state index in [1.807, 2.05) is 24.3 Å². The zero-order chi connectivity index (χ0) is 18.9. The van der Waals surface area contributed by atoms with Crippen molar-refractivity contribution in [3.63, 3.8) is 0 Å². The number of halogens is 1. The molecule has 4 heteroatoms. The van der Waals surface area contributed by atoms with Crippen molar-refractivity contribution in [2.45, 2.75) is 26.5 Å². The van der Waals surface area contributed by atoms with Crippen molar-refractivity contribution in [1.29, 1.82) is 0 Å². The van der Waals surface area contributed by atoms with E-state index in [0.29, 0.717) is 6.61 Å². The summed E-state index contributed by atoms with van der Waals surface area (Å²) in [5.74, 6) is 0.910. The van der Waals surface area contributed by atoms with E-state index >= 15 is 0 Å². The Morgan fingerprint density at radius 1 is 0.889 bits per heavy atom. The summed E-state index contributed by atoms with van der Waals surface area (Å²) in [5, 5.41) is 10.1. The third-order valence-electron chi connectivity index (χ3n) is 4.60. The van der Waals surface area contributed by atoms with Gasteiger partial charge in [-0.25, -0.2) is 0 Å². The smallest absolute Gasteiger partial charge is 0.124 e. The minimum absolute atomic E-state index is 0.464. The summed E-state index contributed by atoms with van der Waals surface area (Å²) in [6.07, 6.45) is 1.11. The van der Waals surface area contributed by atoms with Crippen molar-refractivity contribution in [2.24, 2.45) is 0 Å². The van der Waals surface area contributed by atoms with Crippen LogP contribution < -0.4 is 15.4 Å². The highest BCUT2D eigenvalue weighted by Gasteiger charge is 2.10. The van der Waals surface area contributed by atoms with Gasteiger partial charge in [-0.15, -0.1) is 0 Å². The topological polar surface area (TPSA) is 33.3 Å². The highest BCUT2D eigenvalue weighted by Crippen LogP contribution is 2.29. The van der Waals surface area contributed by atoms with Crippen molar-refractivity contribution in [3.05, 3.63) is 76.8 Å². The average Bonchev–Trinajstić information content (AvgIpc) is 2.70. The Labute approximate surface area is 166 Å². The molecule has 0 saturated carbocycles. The Bertz CT molecular complexity index is 866. The first-order chi connectivity index (χ1) is 13.3. The number of hydrogen-bond donors (Lipinski definition) is 2. The number of fused-ring (bicyclic) bond motifs is 1. The van der Waals surface area contributed by atoms with Gasteiger partial charge >= 0.3 is 0 Å². The molecule has 3 aromatic rings. The van der Waals surface area contributed by atoms with Gasteiger partial charge < -0.3 is 15.4 Å². The molecule has 0 amide bonds. The van der Waals surface area contributed by atoms with Gasteiger partial charge in [0.25, 0.3) is 0 Å². The SMILES string of the molecule is CCNCCCNCc1c(OCc2ccccc2Cl)ccc2ccccc12. The van der Waals surface area contributed by atoms with Gasteiger partial charge in [-0.3, -0.25) is 0 Å². The van der Waals surface area contributed by atoms with Gasteiger partial charge in [0.15, 0.2) is 0 Å². The van der Waals surface area contributed by atoms with Crippen molar-refractivity contribution in [1.82, 2.24) is 10.6 Å². The molecule has 3 aromatic carbocycles. The van der Waals surface area contributed by atoms with Gasteiger partial charge in [0, 0.05) is 22.7 Å². The Hall–Kier alpha value is -2.07. The van der Waals surface area contributed by atoms with E-state index in [1.165, 1.54) is 16.3 Å². The lowest BCUT2D eigenvalue weighted by Crippen LogP contribution is -2.21. The first-order valence-electron chi connectivity index (χ1n) is 9.58. The molecular formula is C23H27ClN2O. The van der Waals surface area contributed by atoms with E-state index in [9.17, 15) is 0 Å². The summed E-state index contributed by atoms with van der Waals surface area (Å²) in [6.45, 7) is 6.40. The van der Waals surface area contributed by atoms with Crippen molar-refractivity contribution in [2.75, 3.05) is 19.6 Å². The normalized spacial score (nSPS) is 11.0. The maximum atomic E-state index is 6.27. The summed E-state index contributed by atoms with van der Waals surface area (Å²) in [4.78, 5) is 0. The fourth-order valence-corrected chi connectivity index (χ4v) is 3.32. The molecule has 2 N–H and O–H groups in total. The molecule has 0 radical (unpaired) electrons. The van der Waals surface area contributed by atoms with Crippen molar-refractivity contribution < 1.29 is 4.74 Å². The summed E-state index contributed by atoms with van der Waals surface area (Å²) in [7, 11) is 0. The van der Waals surface area contributed by atoms with Crippen LogP contribution in [-0.4, -0.2) is 19.6 Å². The molecule has 27 heavy (non-hydrogen) atoms. The quantitative estimate of drug-likeness (QED) is 0.475. The van der Waals surface area contributed by atoms with E-state index in [2.05, 4.69) is 54.0 Å². The van der Waals surface area contributed by atoms with Gasteiger partial charge in [-0.2, -0.15) is 0 Å². The molecule has 0 aliphatic carbocycles. The highest BCUT2D eigenvalue weighted by atomic mass is 35.5. The molecule has 0 bridgehead atoms. The number of benzene rings is 3. The summed E-state index contributed by atoms with van der Waals surface area (Å²) in [6, 6.07) is 20.4. The van der Waals surface area contributed by atoms with E-state index in [1.54, 1.807) is 0 Å². The average molecular weight is 383 g/mol. The molecule has 0 spiro atoms.